The molecule has 0 amide bonds. The molecule has 0 aromatic heterocycles. The van der Waals surface area contributed by atoms with Gasteiger partial charge in [0.2, 0.25) is 0 Å². The number of carbonyl (C=O) groups excluding carboxylic acids is 1. The van der Waals surface area contributed by atoms with Gasteiger partial charge in [-0.3, -0.25) is 9.69 Å². The summed E-state index contributed by atoms with van der Waals surface area (Å²) in [7, 11) is 0. The molecule has 3 aromatic rings. The van der Waals surface area contributed by atoms with Crippen LogP contribution in [0.3, 0.4) is 0 Å². The number of nitrogens with zero attached hydrogens (tertiary/aromatic N) is 1. The molecule has 1 heterocycles. The van der Waals surface area contributed by atoms with E-state index in [2.05, 4.69) is 4.90 Å². The van der Waals surface area contributed by atoms with E-state index in [1.165, 1.54) is 30.3 Å². The molecular formula is C32H31F4NO6. The average molecular weight is 602 g/mol. The average Bonchev–Trinajstić information content (AvgIpc) is 2.97. The highest BCUT2D eigenvalue weighted by Gasteiger charge is 2.37. The molecule has 4 rings (SSSR count). The monoisotopic (exact) mass is 601 g/mol. The van der Waals surface area contributed by atoms with Gasteiger partial charge in [-0.25, -0.2) is 14.0 Å². The Kier molecular flexibility index (Phi) is 11.6. The Morgan fingerprint density at radius 3 is 2.12 bits per heavy atom. The van der Waals surface area contributed by atoms with Crippen LogP contribution in [0.25, 0.3) is 0 Å². The van der Waals surface area contributed by atoms with Crippen molar-refractivity contribution in [3.05, 3.63) is 114 Å². The number of likely N-dealkylation sites (tertiary alicyclic amines) is 1. The maximum absolute atomic E-state index is 13.7. The summed E-state index contributed by atoms with van der Waals surface area (Å²) >= 11 is 0. The number of ether oxygens (including phenoxy) is 1. The molecule has 1 saturated heterocycles. The van der Waals surface area contributed by atoms with E-state index >= 15 is 0 Å². The number of carboxylic acid groups (broad SMARTS) is 2. The molecule has 2 N–H and O–H groups in total. The Balaban J connectivity index is 0.000000557. The smallest absolute Gasteiger partial charge is 0.416 e. The predicted octanol–water partition coefficient (Wildman–Crippen LogP) is 6.45. The van der Waals surface area contributed by atoms with Crippen LogP contribution < -0.4 is 4.74 Å². The molecule has 3 atom stereocenters. The first-order chi connectivity index (χ1) is 20.4. The summed E-state index contributed by atoms with van der Waals surface area (Å²) in [5.74, 6) is -2.81. The first kappa shape index (κ1) is 33.0. The summed E-state index contributed by atoms with van der Waals surface area (Å²) in [6.07, 6.45) is -2.40. The minimum Gasteiger partial charge on any atom is -0.490 e. The maximum atomic E-state index is 13.7. The van der Waals surface area contributed by atoms with E-state index in [0.717, 1.165) is 17.7 Å². The van der Waals surface area contributed by atoms with Crippen molar-refractivity contribution in [3.8, 4) is 5.75 Å². The first-order valence-electron chi connectivity index (χ1n) is 13.5. The molecule has 43 heavy (non-hydrogen) atoms. The van der Waals surface area contributed by atoms with Crippen LogP contribution in [-0.4, -0.2) is 58.1 Å². The Bertz CT molecular complexity index is 1390. The number of hydrogen-bond donors (Lipinski definition) is 2. The van der Waals surface area contributed by atoms with E-state index in [9.17, 15) is 31.9 Å². The van der Waals surface area contributed by atoms with E-state index in [1.54, 1.807) is 6.07 Å². The molecule has 1 fully saturated rings. The van der Waals surface area contributed by atoms with Crippen molar-refractivity contribution in [2.45, 2.75) is 44.0 Å². The highest BCUT2D eigenvalue weighted by atomic mass is 19.4. The van der Waals surface area contributed by atoms with Crippen LogP contribution in [0, 0.1) is 5.82 Å². The third kappa shape index (κ3) is 9.78. The highest BCUT2D eigenvalue weighted by molar-refractivity contribution is 6.00. The van der Waals surface area contributed by atoms with Crippen LogP contribution in [0.2, 0.25) is 0 Å². The Labute approximate surface area is 246 Å². The summed E-state index contributed by atoms with van der Waals surface area (Å²) in [5, 5.41) is 15.6. The lowest BCUT2D eigenvalue weighted by molar-refractivity contribution is -0.137. The number of carboxylic acids is 2. The molecule has 0 bridgehead atoms. The minimum absolute atomic E-state index is 0.0957. The topological polar surface area (TPSA) is 104 Å². The number of benzene rings is 3. The number of hydrogen-bond acceptors (Lipinski definition) is 5. The number of rotatable bonds is 9. The van der Waals surface area contributed by atoms with E-state index in [4.69, 9.17) is 14.9 Å². The van der Waals surface area contributed by atoms with Gasteiger partial charge in [0.15, 0.2) is 5.78 Å². The third-order valence-electron chi connectivity index (χ3n) is 6.89. The SMILES string of the molecule is CCC(C(=O)c1cccc(F)c1)N1CCC(Oc2ccc(C(F)(F)F)cc2)C(c2ccccc2)C1.O=C(O)C=CC(=O)O. The standard InChI is InChI=1S/C28H27F4NO2.C4H4O4/c1-2-25(27(34)20-9-6-10-22(29)17-20)33-16-15-26(24(18-33)19-7-4-3-5-8-19)35-23-13-11-21(12-14-23)28(30,31)32;5-3(6)1-2-4(7)8/h3-14,17,24-26H,2,15-16,18H2,1H3;1-2H,(H,5,6)(H,7,8). The molecule has 7 nitrogen and oxygen atoms in total. The fourth-order valence-corrected chi connectivity index (χ4v) is 4.88. The van der Waals surface area contributed by atoms with Crippen LogP contribution in [0.5, 0.6) is 5.75 Å². The summed E-state index contributed by atoms with van der Waals surface area (Å²) < 4.78 is 58.7. The zero-order valence-electron chi connectivity index (χ0n) is 23.2. The van der Waals surface area contributed by atoms with Gasteiger partial charge in [-0.2, -0.15) is 13.2 Å². The number of ketones is 1. The summed E-state index contributed by atoms with van der Waals surface area (Å²) in [4.78, 5) is 34.4. The quantitative estimate of drug-likeness (QED) is 0.165. The lowest BCUT2D eigenvalue weighted by Gasteiger charge is -2.41. The summed E-state index contributed by atoms with van der Waals surface area (Å²) in [5.41, 5.74) is 0.652. The molecule has 1 aliphatic rings. The highest BCUT2D eigenvalue weighted by Crippen LogP contribution is 2.34. The molecule has 0 radical (unpaired) electrons. The second kappa shape index (κ2) is 15.1. The van der Waals surface area contributed by atoms with Crippen molar-refractivity contribution in [2.24, 2.45) is 0 Å². The zero-order valence-corrected chi connectivity index (χ0v) is 23.2. The largest absolute Gasteiger partial charge is 0.490 e. The van der Waals surface area contributed by atoms with Gasteiger partial charge in [0, 0.05) is 36.7 Å². The fourth-order valence-electron chi connectivity index (χ4n) is 4.88. The summed E-state index contributed by atoms with van der Waals surface area (Å²) in [6.45, 7) is 3.05. The van der Waals surface area contributed by atoms with Gasteiger partial charge in [0.25, 0.3) is 0 Å². The van der Waals surface area contributed by atoms with Crippen LogP contribution in [0.15, 0.2) is 91.0 Å². The molecule has 1 aliphatic heterocycles. The van der Waals surface area contributed by atoms with Crippen molar-refractivity contribution in [3.63, 3.8) is 0 Å². The maximum Gasteiger partial charge on any atom is 0.416 e. The Hall–Kier alpha value is -4.51. The number of carbonyl (C=O) groups is 3. The number of aliphatic carboxylic acids is 2. The Morgan fingerprint density at radius 2 is 1.58 bits per heavy atom. The number of alkyl halides is 3. The second-order valence-corrected chi connectivity index (χ2v) is 9.79. The number of piperidine rings is 1. The van der Waals surface area contributed by atoms with Crippen molar-refractivity contribution < 1.29 is 46.9 Å². The molecule has 11 heteroatoms. The van der Waals surface area contributed by atoms with Crippen LogP contribution in [0.4, 0.5) is 17.6 Å². The molecule has 0 spiro atoms. The van der Waals surface area contributed by atoms with Crippen molar-refractivity contribution in [1.29, 1.82) is 0 Å². The molecule has 0 aliphatic carbocycles. The van der Waals surface area contributed by atoms with Crippen molar-refractivity contribution >= 4 is 17.7 Å². The molecule has 0 saturated carbocycles. The normalized spacial score (nSPS) is 17.9. The van der Waals surface area contributed by atoms with Crippen LogP contribution >= 0.6 is 0 Å². The number of halogens is 4. The first-order valence-corrected chi connectivity index (χ1v) is 13.5. The molecular weight excluding hydrogens is 570 g/mol. The van der Waals surface area contributed by atoms with E-state index in [0.29, 0.717) is 49.4 Å². The van der Waals surface area contributed by atoms with Gasteiger partial charge in [-0.15, -0.1) is 0 Å². The third-order valence-corrected chi connectivity index (χ3v) is 6.89. The molecule has 228 valence electrons. The lowest BCUT2D eigenvalue weighted by atomic mass is 9.86. The predicted molar refractivity (Wildman–Crippen MR) is 150 cm³/mol. The van der Waals surface area contributed by atoms with Gasteiger partial charge >= 0.3 is 18.1 Å². The van der Waals surface area contributed by atoms with Gasteiger partial charge < -0.3 is 14.9 Å². The number of Topliss-reactive ketones (excluding diaryl/α,β-unsaturated/α-hetero) is 1. The van der Waals surface area contributed by atoms with Crippen molar-refractivity contribution in [1.82, 2.24) is 4.90 Å². The van der Waals surface area contributed by atoms with Gasteiger partial charge in [-0.05, 0) is 54.8 Å². The van der Waals surface area contributed by atoms with Gasteiger partial charge in [0.1, 0.15) is 17.7 Å². The summed E-state index contributed by atoms with van der Waals surface area (Å²) in [6, 6.07) is 19.8. The van der Waals surface area contributed by atoms with Crippen LogP contribution in [0.1, 0.15) is 47.2 Å². The van der Waals surface area contributed by atoms with Crippen molar-refractivity contribution in [2.75, 3.05) is 13.1 Å². The van der Waals surface area contributed by atoms with Gasteiger partial charge in [0.05, 0.1) is 11.6 Å². The second-order valence-electron chi connectivity index (χ2n) is 9.79. The van der Waals surface area contributed by atoms with E-state index < -0.39 is 35.5 Å². The molecule has 3 aromatic carbocycles. The fraction of sp³-hybridized carbons (Fsp3) is 0.281. The minimum atomic E-state index is -4.40. The van der Waals surface area contributed by atoms with Crippen LogP contribution in [-0.2, 0) is 15.8 Å². The Morgan fingerprint density at radius 1 is 0.953 bits per heavy atom. The molecule has 3 unspecified atom stereocenters. The van der Waals surface area contributed by atoms with E-state index in [1.807, 2.05) is 37.3 Å². The zero-order chi connectivity index (χ0) is 31.6. The van der Waals surface area contributed by atoms with Gasteiger partial charge in [-0.1, -0.05) is 49.4 Å². The van der Waals surface area contributed by atoms with E-state index in [-0.39, 0.29) is 17.8 Å². The lowest BCUT2D eigenvalue weighted by Crippen LogP contribution is -2.50.